The third-order valence-electron chi connectivity index (χ3n) is 4.07. The number of nitrogens with zero attached hydrogens (tertiary/aromatic N) is 1. The summed E-state index contributed by atoms with van der Waals surface area (Å²) in [5, 5.41) is 0. The van der Waals surface area contributed by atoms with Crippen molar-refractivity contribution in [3.05, 3.63) is 96.1 Å². The monoisotopic (exact) mass is 375 g/mol. The molecule has 0 aliphatic rings. The highest BCUT2D eigenvalue weighted by atomic mass is 16.6. The molecule has 142 valence electrons. The first-order chi connectivity index (χ1) is 13.6. The molecule has 5 nitrogen and oxygen atoms in total. The van der Waals surface area contributed by atoms with Crippen LogP contribution in [0, 0.1) is 0 Å². The molecular formula is C23H21NO4. The number of esters is 1. The maximum atomic E-state index is 12.9. The number of hydrogen-bond donors (Lipinski definition) is 0. The molecule has 0 aliphatic heterocycles. The van der Waals surface area contributed by atoms with Crippen molar-refractivity contribution in [1.82, 2.24) is 4.90 Å². The second-order valence-corrected chi connectivity index (χ2v) is 6.34. The van der Waals surface area contributed by atoms with Crippen LogP contribution >= 0.6 is 0 Å². The van der Waals surface area contributed by atoms with Gasteiger partial charge < -0.3 is 14.4 Å². The van der Waals surface area contributed by atoms with Gasteiger partial charge in [-0.1, -0.05) is 60.7 Å². The quantitative estimate of drug-likeness (QED) is 0.597. The van der Waals surface area contributed by atoms with E-state index >= 15 is 0 Å². The van der Waals surface area contributed by atoms with E-state index in [9.17, 15) is 9.59 Å². The van der Waals surface area contributed by atoms with Crippen molar-refractivity contribution in [2.24, 2.45) is 0 Å². The molecule has 0 spiro atoms. The molecule has 5 heteroatoms. The number of benzene rings is 3. The maximum Gasteiger partial charge on any atom is 0.343 e. The van der Waals surface area contributed by atoms with Gasteiger partial charge in [-0.05, 0) is 24.3 Å². The zero-order valence-corrected chi connectivity index (χ0v) is 15.7. The molecule has 0 saturated heterocycles. The molecule has 0 fully saturated rings. The third kappa shape index (κ3) is 4.57. The van der Waals surface area contributed by atoms with Crippen LogP contribution in [0.5, 0.6) is 11.5 Å². The van der Waals surface area contributed by atoms with Gasteiger partial charge in [0, 0.05) is 19.7 Å². The number of carbonyl (C=O) groups excluding carboxylic acids is 2. The van der Waals surface area contributed by atoms with E-state index in [-0.39, 0.29) is 11.5 Å². The molecule has 0 bridgehead atoms. The van der Waals surface area contributed by atoms with Crippen molar-refractivity contribution in [2.45, 2.75) is 6.10 Å². The number of amides is 1. The Morgan fingerprint density at radius 2 is 1.36 bits per heavy atom. The molecule has 3 rings (SSSR count). The van der Waals surface area contributed by atoms with Gasteiger partial charge in [0.25, 0.3) is 5.91 Å². The predicted molar refractivity (Wildman–Crippen MR) is 106 cm³/mol. The minimum Gasteiger partial charge on any atom is -0.456 e. The van der Waals surface area contributed by atoms with E-state index in [1.165, 1.54) is 4.90 Å². The van der Waals surface area contributed by atoms with Gasteiger partial charge in [-0.3, -0.25) is 4.79 Å². The zero-order valence-electron chi connectivity index (χ0n) is 15.7. The average Bonchev–Trinajstić information content (AvgIpc) is 2.73. The highest BCUT2D eigenvalue weighted by molar-refractivity contribution is 5.95. The topological polar surface area (TPSA) is 55.8 Å². The Hall–Kier alpha value is -3.60. The predicted octanol–water partition coefficient (Wildman–Crippen LogP) is 4.47. The molecular weight excluding hydrogens is 354 g/mol. The zero-order chi connectivity index (χ0) is 19.9. The average molecular weight is 375 g/mol. The standard InChI is InChI=1S/C23H21NO4/c1-24(2)22(25)21(17-11-5-3-6-12-17)28-23(26)19-15-9-10-16-20(19)27-18-13-7-4-8-14-18/h3-16,21H,1-2H3/t21-/m0/s1. The molecule has 0 unspecified atom stereocenters. The molecule has 1 atom stereocenters. The van der Waals surface area contributed by atoms with Crippen molar-refractivity contribution in [1.29, 1.82) is 0 Å². The van der Waals surface area contributed by atoms with Gasteiger partial charge in [-0.2, -0.15) is 0 Å². The summed E-state index contributed by atoms with van der Waals surface area (Å²) < 4.78 is 11.4. The van der Waals surface area contributed by atoms with Crippen LogP contribution in [0.25, 0.3) is 0 Å². The van der Waals surface area contributed by atoms with Crippen molar-refractivity contribution in [3.63, 3.8) is 0 Å². The van der Waals surface area contributed by atoms with Gasteiger partial charge in [0.1, 0.15) is 17.1 Å². The molecule has 0 aromatic heterocycles. The number of rotatable bonds is 6. The van der Waals surface area contributed by atoms with Gasteiger partial charge >= 0.3 is 5.97 Å². The summed E-state index contributed by atoms with van der Waals surface area (Å²) >= 11 is 0. The molecule has 3 aromatic rings. The Balaban J connectivity index is 1.87. The maximum absolute atomic E-state index is 12.9. The Bertz CT molecular complexity index is 939. The molecule has 28 heavy (non-hydrogen) atoms. The third-order valence-corrected chi connectivity index (χ3v) is 4.07. The van der Waals surface area contributed by atoms with E-state index in [0.717, 1.165) is 0 Å². The molecule has 0 N–H and O–H groups in total. The van der Waals surface area contributed by atoms with Crippen LogP contribution in [0.2, 0.25) is 0 Å². The summed E-state index contributed by atoms with van der Waals surface area (Å²) in [7, 11) is 3.25. The lowest BCUT2D eigenvalue weighted by atomic mass is 10.1. The summed E-state index contributed by atoms with van der Waals surface area (Å²) in [5.74, 6) is 0.0196. The Labute approximate surface area is 164 Å². The number of carbonyl (C=O) groups is 2. The Morgan fingerprint density at radius 3 is 2.00 bits per heavy atom. The van der Waals surface area contributed by atoms with E-state index in [1.807, 2.05) is 24.3 Å². The van der Waals surface area contributed by atoms with Crippen LogP contribution in [0.1, 0.15) is 22.0 Å². The molecule has 0 heterocycles. The fourth-order valence-electron chi connectivity index (χ4n) is 2.63. The first-order valence-electron chi connectivity index (χ1n) is 8.85. The van der Waals surface area contributed by atoms with E-state index in [0.29, 0.717) is 17.1 Å². The summed E-state index contributed by atoms with van der Waals surface area (Å²) in [6.07, 6.45) is -1.03. The van der Waals surface area contributed by atoms with Crippen molar-refractivity contribution < 1.29 is 19.1 Å². The van der Waals surface area contributed by atoms with Crippen molar-refractivity contribution in [3.8, 4) is 11.5 Å². The normalized spacial score (nSPS) is 11.4. The molecule has 3 aromatic carbocycles. The highest BCUT2D eigenvalue weighted by Gasteiger charge is 2.28. The lowest BCUT2D eigenvalue weighted by Crippen LogP contribution is -2.31. The Kier molecular flexibility index (Phi) is 6.07. The number of para-hydroxylation sites is 2. The van der Waals surface area contributed by atoms with Gasteiger partial charge in [-0.15, -0.1) is 0 Å². The second kappa shape index (κ2) is 8.86. The summed E-state index contributed by atoms with van der Waals surface area (Å²) in [6.45, 7) is 0. The minimum absolute atomic E-state index is 0.249. The lowest BCUT2D eigenvalue weighted by Gasteiger charge is -2.21. The fourth-order valence-corrected chi connectivity index (χ4v) is 2.63. The fraction of sp³-hybridized carbons (Fsp3) is 0.130. The number of likely N-dealkylation sites (N-methyl/N-ethyl adjacent to an activating group) is 1. The van der Waals surface area contributed by atoms with E-state index < -0.39 is 12.1 Å². The van der Waals surface area contributed by atoms with Crippen LogP contribution in [0.3, 0.4) is 0 Å². The SMILES string of the molecule is CN(C)C(=O)[C@@H](OC(=O)c1ccccc1Oc1ccccc1)c1ccccc1. The van der Waals surface area contributed by atoms with E-state index in [2.05, 4.69) is 0 Å². The van der Waals surface area contributed by atoms with Crippen LogP contribution in [0.4, 0.5) is 0 Å². The molecule has 0 aliphatic carbocycles. The summed E-state index contributed by atoms with van der Waals surface area (Å²) in [6, 6.07) is 24.9. The van der Waals surface area contributed by atoms with Crippen LogP contribution in [-0.4, -0.2) is 30.9 Å². The van der Waals surface area contributed by atoms with Gasteiger partial charge in [0.15, 0.2) is 0 Å². The first kappa shape index (κ1) is 19.2. The second-order valence-electron chi connectivity index (χ2n) is 6.34. The van der Waals surface area contributed by atoms with Gasteiger partial charge in [0.2, 0.25) is 6.10 Å². The lowest BCUT2D eigenvalue weighted by molar-refractivity contribution is -0.138. The number of ether oxygens (including phenoxy) is 2. The summed E-state index contributed by atoms with van der Waals surface area (Å²) in [5.41, 5.74) is 0.856. The minimum atomic E-state index is -1.03. The van der Waals surface area contributed by atoms with Crippen LogP contribution < -0.4 is 4.74 Å². The van der Waals surface area contributed by atoms with Gasteiger partial charge in [-0.25, -0.2) is 4.79 Å². The van der Waals surface area contributed by atoms with Crippen LogP contribution in [0.15, 0.2) is 84.9 Å². The van der Waals surface area contributed by atoms with Crippen molar-refractivity contribution in [2.75, 3.05) is 14.1 Å². The van der Waals surface area contributed by atoms with E-state index in [4.69, 9.17) is 9.47 Å². The molecule has 1 amide bonds. The summed E-state index contributed by atoms with van der Waals surface area (Å²) in [4.78, 5) is 26.9. The van der Waals surface area contributed by atoms with E-state index in [1.54, 1.807) is 74.8 Å². The number of hydrogen-bond acceptors (Lipinski definition) is 4. The molecule has 0 saturated carbocycles. The first-order valence-corrected chi connectivity index (χ1v) is 8.85. The van der Waals surface area contributed by atoms with Crippen molar-refractivity contribution >= 4 is 11.9 Å². The molecule has 0 radical (unpaired) electrons. The Morgan fingerprint density at radius 1 is 0.786 bits per heavy atom. The smallest absolute Gasteiger partial charge is 0.343 e. The highest BCUT2D eigenvalue weighted by Crippen LogP contribution is 2.28. The van der Waals surface area contributed by atoms with Crippen LogP contribution in [-0.2, 0) is 9.53 Å². The van der Waals surface area contributed by atoms with Gasteiger partial charge in [0.05, 0.1) is 0 Å². The largest absolute Gasteiger partial charge is 0.456 e.